The highest BCUT2D eigenvalue weighted by Gasteiger charge is 2.16. The largest absolute Gasteiger partial charge is 0.465 e. The lowest BCUT2D eigenvalue weighted by Gasteiger charge is -2.22. The smallest absolute Gasteiger partial charge is 0.244 e. The number of primary amides is 1. The number of carbonyl (C=O) groups excluding carboxylic acids is 3. The van der Waals surface area contributed by atoms with Gasteiger partial charge in [0.15, 0.2) is 0 Å². The van der Waals surface area contributed by atoms with Crippen molar-refractivity contribution in [3.05, 3.63) is 60.3 Å². The minimum atomic E-state index is -0.550. The fourth-order valence-corrected chi connectivity index (χ4v) is 2.27. The topological polar surface area (TPSA) is 106 Å². The number of halogens is 1. The molecule has 0 saturated heterocycles. The van der Waals surface area contributed by atoms with Gasteiger partial charge in [-0.2, -0.15) is 0 Å². The number of nitrogens with one attached hydrogen (secondary N) is 1. The SMILES string of the molecule is NC(=O)CCN(C(=O)CCNC(=O)/C=C/c1ccco1)c1ccc(F)cc1. The van der Waals surface area contributed by atoms with Crippen molar-refractivity contribution in [3.8, 4) is 0 Å². The Kier molecular flexibility index (Phi) is 7.30. The molecule has 1 aromatic heterocycles. The van der Waals surface area contributed by atoms with Crippen molar-refractivity contribution < 1.29 is 23.2 Å². The predicted molar refractivity (Wildman–Crippen MR) is 97.9 cm³/mol. The van der Waals surface area contributed by atoms with Gasteiger partial charge in [0.2, 0.25) is 17.7 Å². The molecular weight excluding hydrogens is 353 g/mol. The van der Waals surface area contributed by atoms with Gasteiger partial charge in [0.1, 0.15) is 11.6 Å². The van der Waals surface area contributed by atoms with Crippen LogP contribution >= 0.6 is 0 Å². The number of rotatable bonds is 9. The quantitative estimate of drug-likeness (QED) is 0.654. The van der Waals surface area contributed by atoms with E-state index < -0.39 is 11.7 Å². The summed E-state index contributed by atoms with van der Waals surface area (Å²) in [6, 6.07) is 8.74. The molecule has 2 aromatic rings. The Morgan fingerprint density at radius 3 is 2.52 bits per heavy atom. The lowest BCUT2D eigenvalue weighted by Crippen LogP contribution is -2.36. The van der Waals surface area contributed by atoms with Crippen molar-refractivity contribution in [3.63, 3.8) is 0 Å². The van der Waals surface area contributed by atoms with Gasteiger partial charge in [0.05, 0.1) is 6.26 Å². The number of furan rings is 1. The number of nitrogens with zero attached hydrogens (tertiary/aromatic N) is 1. The monoisotopic (exact) mass is 373 g/mol. The van der Waals surface area contributed by atoms with Gasteiger partial charge in [-0.3, -0.25) is 14.4 Å². The van der Waals surface area contributed by atoms with Crippen LogP contribution in [0, 0.1) is 5.82 Å². The first-order valence-corrected chi connectivity index (χ1v) is 8.29. The second kappa shape index (κ2) is 9.91. The molecule has 8 heteroatoms. The van der Waals surface area contributed by atoms with Crippen LogP contribution in [0.4, 0.5) is 10.1 Å². The van der Waals surface area contributed by atoms with Crippen LogP contribution in [0.2, 0.25) is 0 Å². The van der Waals surface area contributed by atoms with E-state index in [1.807, 2.05) is 0 Å². The molecule has 0 aliphatic heterocycles. The van der Waals surface area contributed by atoms with Crippen LogP contribution in [0.1, 0.15) is 18.6 Å². The molecule has 7 nitrogen and oxygen atoms in total. The Labute approximate surface area is 155 Å². The third-order valence-corrected chi connectivity index (χ3v) is 3.60. The maximum absolute atomic E-state index is 13.1. The molecule has 0 aliphatic carbocycles. The third kappa shape index (κ3) is 6.77. The summed E-state index contributed by atoms with van der Waals surface area (Å²) in [7, 11) is 0. The Morgan fingerprint density at radius 1 is 1.15 bits per heavy atom. The van der Waals surface area contributed by atoms with Gasteiger partial charge in [-0.25, -0.2) is 4.39 Å². The van der Waals surface area contributed by atoms with Crippen molar-refractivity contribution in [2.24, 2.45) is 5.73 Å². The van der Waals surface area contributed by atoms with E-state index >= 15 is 0 Å². The zero-order valence-electron chi connectivity index (χ0n) is 14.6. The van der Waals surface area contributed by atoms with Crippen LogP contribution in [0.5, 0.6) is 0 Å². The van der Waals surface area contributed by atoms with Crippen LogP contribution in [0.3, 0.4) is 0 Å². The summed E-state index contributed by atoms with van der Waals surface area (Å²) in [6.07, 6.45) is 4.28. The van der Waals surface area contributed by atoms with E-state index in [0.29, 0.717) is 11.4 Å². The molecule has 0 unspecified atom stereocenters. The first-order valence-electron chi connectivity index (χ1n) is 8.29. The maximum atomic E-state index is 13.1. The molecule has 142 valence electrons. The number of nitrogens with two attached hydrogens (primary N) is 1. The van der Waals surface area contributed by atoms with Gasteiger partial charge in [-0.15, -0.1) is 0 Å². The van der Waals surface area contributed by atoms with E-state index in [2.05, 4.69) is 5.32 Å². The molecule has 1 aromatic carbocycles. The molecule has 3 N–H and O–H groups in total. The van der Waals surface area contributed by atoms with Gasteiger partial charge in [0.25, 0.3) is 0 Å². The average molecular weight is 373 g/mol. The molecule has 1 heterocycles. The van der Waals surface area contributed by atoms with E-state index in [9.17, 15) is 18.8 Å². The van der Waals surface area contributed by atoms with Crippen molar-refractivity contribution in [1.29, 1.82) is 0 Å². The predicted octanol–water partition coefficient (Wildman–Crippen LogP) is 1.85. The summed E-state index contributed by atoms with van der Waals surface area (Å²) in [5.74, 6) is -1.14. The Morgan fingerprint density at radius 2 is 1.89 bits per heavy atom. The summed E-state index contributed by atoms with van der Waals surface area (Å²) in [4.78, 5) is 36.6. The van der Waals surface area contributed by atoms with E-state index in [1.54, 1.807) is 12.1 Å². The van der Waals surface area contributed by atoms with Crippen LogP contribution < -0.4 is 16.0 Å². The lowest BCUT2D eigenvalue weighted by atomic mass is 10.2. The number of hydrogen-bond donors (Lipinski definition) is 2. The molecule has 0 aliphatic rings. The summed E-state index contributed by atoms with van der Waals surface area (Å²) < 4.78 is 18.2. The summed E-state index contributed by atoms with van der Waals surface area (Å²) in [6.45, 7) is 0.181. The minimum Gasteiger partial charge on any atom is -0.465 e. The zero-order chi connectivity index (χ0) is 19.6. The highest BCUT2D eigenvalue weighted by atomic mass is 19.1. The number of hydrogen-bond acceptors (Lipinski definition) is 4. The van der Waals surface area contributed by atoms with E-state index in [4.69, 9.17) is 10.2 Å². The van der Waals surface area contributed by atoms with Crippen LogP contribution in [0.25, 0.3) is 6.08 Å². The van der Waals surface area contributed by atoms with Crippen LogP contribution in [0.15, 0.2) is 53.2 Å². The second-order valence-electron chi connectivity index (χ2n) is 5.63. The number of amides is 3. The standard InChI is InChI=1S/C19H20FN3O4/c20-14-3-5-15(6-4-14)23(12-10-17(21)24)19(26)9-11-22-18(25)8-7-16-2-1-13-27-16/h1-8,13H,9-12H2,(H2,21,24)(H,22,25)/b8-7+. The van der Waals surface area contributed by atoms with Gasteiger partial charge < -0.3 is 20.4 Å². The van der Waals surface area contributed by atoms with Crippen molar-refractivity contribution in [2.75, 3.05) is 18.0 Å². The maximum Gasteiger partial charge on any atom is 0.244 e. The van der Waals surface area contributed by atoms with Crippen LogP contribution in [-0.4, -0.2) is 30.8 Å². The first kappa shape index (κ1) is 19.9. The van der Waals surface area contributed by atoms with Gasteiger partial charge in [0, 0.05) is 37.7 Å². The van der Waals surface area contributed by atoms with Crippen LogP contribution in [-0.2, 0) is 14.4 Å². The van der Waals surface area contributed by atoms with E-state index in [0.717, 1.165) is 0 Å². The van der Waals surface area contributed by atoms with Gasteiger partial charge in [-0.1, -0.05) is 0 Å². The molecule has 3 amide bonds. The van der Waals surface area contributed by atoms with Crippen molar-refractivity contribution in [1.82, 2.24) is 5.32 Å². The van der Waals surface area contributed by atoms with Gasteiger partial charge in [-0.05, 0) is 42.5 Å². The van der Waals surface area contributed by atoms with E-state index in [-0.39, 0.29) is 37.7 Å². The minimum absolute atomic E-state index is 0.0104. The normalized spacial score (nSPS) is 10.7. The highest BCUT2D eigenvalue weighted by molar-refractivity contribution is 5.95. The molecule has 0 bridgehead atoms. The Hall–Kier alpha value is -3.42. The molecular formula is C19H20FN3O4. The summed E-state index contributed by atoms with van der Waals surface area (Å²) >= 11 is 0. The number of benzene rings is 1. The molecule has 0 saturated carbocycles. The fraction of sp³-hybridized carbons (Fsp3) is 0.211. The number of anilines is 1. The zero-order valence-corrected chi connectivity index (χ0v) is 14.6. The molecule has 0 radical (unpaired) electrons. The Balaban J connectivity index is 1.89. The molecule has 0 atom stereocenters. The van der Waals surface area contributed by atoms with Gasteiger partial charge >= 0.3 is 0 Å². The Bertz CT molecular complexity index is 801. The number of carbonyl (C=O) groups is 3. The average Bonchev–Trinajstić information content (AvgIpc) is 3.15. The summed E-state index contributed by atoms with van der Waals surface area (Å²) in [5.41, 5.74) is 5.60. The summed E-state index contributed by atoms with van der Waals surface area (Å²) in [5, 5.41) is 2.59. The van der Waals surface area contributed by atoms with Crippen molar-refractivity contribution in [2.45, 2.75) is 12.8 Å². The second-order valence-corrected chi connectivity index (χ2v) is 5.63. The molecule has 0 fully saturated rings. The molecule has 2 rings (SSSR count). The molecule has 27 heavy (non-hydrogen) atoms. The van der Waals surface area contributed by atoms with E-state index in [1.165, 1.54) is 47.6 Å². The van der Waals surface area contributed by atoms with Crippen molar-refractivity contribution >= 4 is 29.5 Å². The lowest BCUT2D eigenvalue weighted by molar-refractivity contribution is -0.119. The third-order valence-electron chi connectivity index (χ3n) is 3.60. The first-order chi connectivity index (χ1) is 13.0. The molecule has 0 spiro atoms. The fourth-order valence-electron chi connectivity index (χ4n) is 2.27. The highest BCUT2D eigenvalue weighted by Crippen LogP contribution is 2.16.